The number of nitrogens with zero attached hydrogens (tertiary/aromatic N) is 4. The number of carbonyl (C=O) groups is 1. The van der Waals surface area contributed by atoms with Crippen molar-refractivity contribution in [1.29, 1.82) is 0 Å². The third kappa shape index (κ3) is 3.78. The first-order chi connectivity index (χ1) is 14.1. The fraction of sp³-hybridized carbons (Fsp3) is 0.238. The lowest BCUT2D eigenvalue weighted by molar-refractivity contribution is 0.0737. The van der Waals surface area contributed by atoms with E-state index in [1.54, 1.807) is 41.4 Å². The van der Waals surface area contributed by atoms with Gasteiger partial charge < -0.3 is 14.5 Å². The van der Waals surface area contributed by atoms with Crippen molar-refractivity contribution in [2.75, 3.05) is 38.2 Å². The van der Waals surface area contributed by atoms with Gasteiger partial charge in [-0.2, -0.15) is 5.10 Å². The van der Waals surface area contributed by atoms with Crippen LogP contribution in [0.15, 0.2) is 54.7 Å². The molecule has 8 heteroatoms. The quantitative estimate of drug-likeness (QED) is 0.678. The summed E-state index contributed by atoms with van der Waals surface area (Å²) in [6.07, 6.45) is 1.59. The number of benzene rings is 2. The summed E-state index contributed by atoms with van der Waals surface area (Å²) < 4.78 is 34.0. The molecule has 3 aromatic rings. The van der Waals surface area contributed by atoms with E-state index in [0.29, 0.717) is 43.3 Å². The molecule has 1 fully saturated rings. The molecule has 0 aliphatic carbocycles. The van der Waals surface area contributed by atoms with E-state index in [2.05, 4.69) is 5.10 Å². The minimum atomic E-state index is -0.350. The summed E-state index contributed by atoms with van der Waals surface area (Å²) in [4.78, 5) is 16.6. The summed E-state index contributed by atoms with van der Waals surface area (Å²) in [6.45, 7) is 1.93. The number of hydrogen-bond donors (Lipinski definition) is 0. The highest BCUT2D eigenvalue weighted by Gasteiger charge is 2.28. The number of piperazine rings is 1. The number of amides is 1. The van der Waals surface area contributed by atoms with Crippen LogP contribution in [-0.4, -0.2) is 53.9 Å². The van der Waals surface area contributed by atoms with Crippen LogP contribution in [0.4, 0.5) is 14.5 Å². The molecule has 0 atom stereocenters. The van der Waals surface area contributed by atoms with E-state index in [4.69, 9.17) is 4.74 Å². The number of aromatic nitrogens is 2. The highest BCUT2D eigenvalue weighted by Crippen LogP contribution is 2.24. The summed E-state index contributed by atoms with van der Waals surface area (Å²) in [5.41, 5.74) is 1.35. The fourth-order valence-corrected chi connectivity index (χ4v) is 3.39. The van der Waals surface area contributed by atoms with Crippen molar-refractivity contribution in [3.63, 3.8) is 0 Å². The number of carbonyl (C=O) groups excluding carboxylic acids is 1. The van der Waals surface area contributed by atoms with Crippen LogP contribution in [0.5, 0.6) is 5.75 Å². The zero-order chi connectivity index (χ0) is 20.4. The third-order valence-electron chi connectivity index (χ3n) is 4.95. The molecule has 2 aromatic carbocycles. The van der Waals surface area contributed by atoms with Gasteiger partial charge in [-0.15, -0.1) is 0 Å². The monoisotopic (exact) mass is 398 g/mol. The normalized spacial score (nSPS) is 14.2. The summed E-state index contributed by atoms with van der Waals surface area (Å²) in [5.74, 6) is -0.532. The highest BCUT2D eigenvalue weighted by atomic mass is 19.1. The van der Waals surface area contributed by atoms with E-state index < -0.39 is 0 Å². The van der Waals surface area contributed by atoms with Crippen molar-refractivity contribution >= 4 is 11.6 Å². The molecule has 2 heterocycles. The predicted octanol–water partition coefficient (Wildman–Crippen LogP) is 3.12. The Morgan fingerprint density at radius 2 is 1.69 bits per heavy atom. The highest BCUT2D eigenvalue weighted by molar-refractivity contribution is 5.95. The number of anilines is 1. The second-order valence-corrected chi connectivity index (χ2v) is 6.70. The van der Waals surface area contributed by atoms with E-state index in [-0.39, 0.29) is 23.2 Å². The van der Waals surface area contributed by atoms with Gasteiger partial charge in [0, 0.05) is 26.2 Å². The Morgan fingerprint density at radius 3 is 2.34 bits per heavy atom. The van der Waals surface area contributed by atoms with Crippen LogP contribution < -0.4 is 9.64 Å². The van der Waals surface area contributed by atoms with Crippen LogP contribution in [0.2, 0.25) is 0 Å². The molecule has 0 bridgehead atoms. The summed E-state index contributed by atoms with van der Waals surface area (Å²) in [5, 5.41) is 4.35. The zero-order valence-electron chi connectivity index (χ0n) is 15.9. The van der Waals surface area contributed by atoms with E-state index in [9.17, 15) is 13.6 Å². The van der Waals surface area contributed by atoms with Crippen molar-refractivity contribution in [2.24, 2.45) is 0 Å². The molecule has 0 N–H and O–H groups in total. The Bertz CT molecular complexity index is 1010. The van der Waals surface area contributed by atoms with Gasteiger partial charge in [0.05, 0.1) is 24.7 Å². The van der Waals surface area contributed by atoms with Gasteiger partial charge in [-0.05, 0) is 36.4 Å². The van der Waals surface area contributed by atoms with Gasteiger partial charge in [0.15, 0.2) is 11.4 Å². The van der Waals surface area contributed by atoms with E-state index in [0.717, 1.165) is 0 Å². The van der Waals surface area contributed by atoms with E-state index in [1.165, 1.54) is 30.0 Å². The van der Waals surface area contributed by atoms with Crippen molar-refractivity contribution in [1.82, 2.24) is 14.7 Å². The molecule has 0 radical (unpaired) electrons. The first-order valence-electron chi connectivity index (χ1n) is 9.25. The lowest BCUT2D eigenvalue weighted by Crippen LogP contribution is -2.49. The van der Waals surface area contributed by atoms with Gasteiger partial charge in [-0.1, -0.05) is 12.1 Å². The van der Waals surface area contributed by atoms with E-state index >= 15 is 0 Å². The molecule has 1 amide bonds. The average Bonchev–Trinajstić information content (AvgIpc) is 3.19. The maximum Gasteiger partial charge on any atom is 0.278 e. The summed E-state index contributed by atoms with van der Waals surface area (Å²) in [7, 11) is 1.47. The first kappa shape index (κ1) is 18.9. The third-order valence-corrected chi connectivity index (χ3v) is 4.95. The van der Waals surface area contributed by atoms with Crippen molar-refractivity contribution in [3.05, 3.63) is 72.1 Å². The molecular formula is C21H20F2N4O2. The molecule has 150 valence electrons. The Balaban J connectivity index is 1.50. The molecule has 1 aromatic heterocycles. The van der Waals surface area contributed by atoms with Crippen LogP contribution in [-0.2, 0) is 0 Å². The van der Waals surface area contributed by atoms with Crippen LogP contribution in [0, 0.1) is 11.6 Å². The van der Waals surface area contributed by atoms with Crippen molar-refractivity contribution in [2.45, 2.75) is 0 Å². The van der Waals surface area contributed by atoms with Crippen molar-refractivity contribution < 1.29 is 18.3 Å². The number of para-hydroxylation sites is 1. The molecule has 0 unspecified atom stereocenters. The predicted molar refractivity (Wildman–Crippen MR) is 105 cm³/mol. The van der Waals surface area contributed by atoms with Gasteiger partial charge in [-0.3, -0.25) is 4.79 Å². The molecule has 6 nitrogen and oxygen atoms in total. The minimum Gasteiger partial charge on any atom is -0.493 e. The van der Waals surface area contributed by atoms with Crippen LogP contribution >= 0.6 is 0 Å². The summed E-state index contributed by atoms with van der Waals surface area (Å²) >= 11 is 0. The molecule has 1 aliphatic rings. The van der Waals surface area contributed by atoms with Crippen LogP contribution in [0.25, 0.3) is 5.69 Å². The smallest absolute Gasteiger partial charge is 0.278 e. The minimum absolute atomic E-state index is 0.191. The molecular weight excluding hydrogens is 378 g/mol. The maximum atomic E-state index is 14.0. The number of methoxy groups -OCH3 is 1. The molecule has 0 saturated carbocycles. The van der Waals surface area contributed by atoms with Gasteiger partial charge in [0.1, 0.15) is 11.6 Å². The van der Waals surface area contributed by atoms with Gasteiger partial charge in [0.25, 0.3) is 5.91 Å². The molecule has 1 saturated heterocycles. The number of hydrogen-bond acceptors (Lipinski definition) is 4. The van der Waals surface area contributed by atoms with Crippen LogP contribution in [0.3, 0.4) is 0 Å². The number of ether oxygens (including phenoxy) is 1. The number of rotatable bonds is 4. The Hall–Kier alpha value is -3.42. The lowest BCUT2D eigenvalue weighted by atomic mass is 10.2. The second kappa shape index (κ2) is 7.90. The Morgan fingerprint density at radius 1 is 1.00 bits per heavy atom. The molecule has 1 aliphatic heterocycles. The number of halogens is 2. The standard InChI is InChI=1S/C21H20F2N4O2/c1-29-19-14-27(16-8-6-15(22)7-9-16)24-20(19)21(28)26-12-10-25(11-13-26)18-5-3-2-4-17(18)23/h2-9,14H,10-13H2,1H3. The first-order valence-corrected chi connectivity index (χ1v) is 9.25. The Kier molecular flexibility index (Phi) is 5.16. The van der Waals surface area contributed by atoms with Gasteiger partial charge in [0.2, 0.25) is 0 Å². The largest absolute Gasteiger partial charge is 0.493 e. The van der Waals surface area contributed by atoms with Crippen LogP contribution in [0.1, 0.15) is 10.5 Å². The summed E-state index contributed by atoms with van der Waals surface area (Å²) in [6, 6.07) is 12.4. The SMILES string of the molecule is COc1cn(-c2ccc(F)cc2)nc1C(=O)N1CCN(c2ccccc2F)CC1. The van der Waals surface area contributed by atoms with Gasteiger partial charge in [-0.25, -0.2) is 13.5 Å². The van der Waals surface area contributed by atoms with Gasteiger partial charge >= 0.3 is 0 Å². The lowest BCUT2D eigenvalue weighted by Gasteiger charge is -2.36. The fourth-order valence-electron chi connectivity index (χ4n) is 3.39. The topological polar surface area (TPSA) is 50.6 Å². The maximum absolute atomic E-state index is 14.0. The molecule has 0 spiro atoms. The van der Waals surface area contributed by atoms with E-state index in [1.807, 2.05) is 4.90 Å². The molecule has 29 heavy (non-hydrogen) atoms. The van der Waals surface area contributed by atoms with Crippen molar-refractivity contribution in [3.8, 4) is 11.4 Å². The average molecular weight is 398 g/mol. The molecule has 4 rings (SSSR count). The second-order valence-electron chi connectivity index (χ2n) is 6.70. The zero-order valence-corrected chi connectivity index (χ0v) is 15.9. The Labute approximate surface area is 166 Å².